The van der Waals surface area contributed by atoms with Gasteiger partial charge in [-0.25, -0.2) is 4.79 Å². The predicted octanol–water partition coefficient (Wildman–Crippen LogP) is 2.56. The zero-order chi connectivity index (χ0) is 12.4. The van der Waals surface area contributed by atoms with Crippen molar-refractivity contribution in [2.24, 2.45) is 5.73 Å². The van der Waals surface area contributed by atoms with E-state index in [1.807, 2.05) is 22.8 Å². The lowest BCUT2D eigenvalue weighted by Gasteiger charge is -2.04. The summed E-state index contributed by atoms with van der Waals surface area (Å²) < 4.78 is 8.12. The number of imidazole rings is 1. The van der Waals surface area contributed by atoms with Crippen LogP contribution in [-0.2, 0) is 11.3 Å². The molecule has 0 fully saturated rings. The smallest absolute Gasteiger partial charge is 0.404 e. The van der Waals surface area contributed by atoms with Gasteiger partial charge in [0.15, 0.2) is 4.77 Å². The van der Waals surface area contributed by atoms with Crippen LogP contribution in [0.3, 0.4) is 0 Å². The van der Waals surface area contributed by atoms with Gasteiger partial charge in [-0.2, -0.15) is 0 Å². The summed E-state index contributed by atoms with van der Waals surface area (Å²) in [5, 5.41) is 0. The van der Waals surface area contributed by atoms with Crippen molar-refractivity contribution in [2.75, 3.05) is 6.61 Å². The number of ether oxygens (including phenoxy) is 1. The van der Waals surface area contributed by atoms with Gasteiger partial charge in [0.25, 0.3) is 0 Å². The average Bonchev–Trinajstić information content (AvgIpc) is 2.54. The van der Waals surface area contributed by atoms with Crippen LogP contribution in [0.15, 0.2) is 22.7 Å². The quantitative estimate of drug-likeness (QED) is 0.855. The molecule has 0 aliphatic heterocycles. The van der Waals surface area contributed by atoms with Crippen molar-refractivity contribution in [3.63, 3.8) is 0 Å². The third-order valence-corrected chi connectivity index (χ3v) is 3.11. The van der Waals surface area contributed by atoms with Crippen LogP contribution in [0, 0.1) is 4.77 Å². The molecule has 0 atom stereocenters. The molecule has 0 aliphatic carbocycles. The van der Waals surface area contributed by atoms with Crippen molar-refractivity contribution in [1.29, 1.82) is 0 Å². The lowest BCUT2D eigenvalue weighted by atomic mass is 10.3. The van der Waals surface area contributed by atoms with Gasteiger partial charge >= 0.3 is 6.09 Å². The standard InChI is InChI=1S/C10H10BrN3O2S/c11-6-1-2-8-7(5-6)13-10(17)14(8)3-4-16-9(12)15/h1-2,5H,3-4H2,(H2,12,15)(H,13,17). The molecule has 0 radical (unpaired) electrons. The fourth-order valence-electron chi connectivity index (χ4n) is 1.60. The second kappa shape index (κ2) is 4.89. The summed E-state index contributed by atoms with van der Waals surface area (Å²) in [5.74, 6) is 0. The van der Waals surface area contributed by atoms with Crippen LogP contribution in [0.2, 0.25) is 0 Å². The number of H-pyrrole nitrogens is 1. The van der Waals surface area contributed by atoms with E-state index in [0.717, 1.165) is 15.5 Å². The van der Waals surface area contributed by atoms with Crippen molar-refractivity contribution in [2.45, 2.75) is 6.54 Å². The number of nitrogens with one attached hydrogen (secondary N) is 1. The minimum Gasteiger partial charge on any atom is -0.448 e. The van der Waals surface area contributed by atoms with E-state index in [0.29, 0.717) is 11.3 Å². The van der Waals surface area contributed by atoms with Crippen molar-refractivity contribution in [1.82, 2.24) is 9.55 Å². The summed E-state index contributed by atoms with van der Waals surface area (Å²) in [7, 11) is 0. The van der Waals surface area contributed by atoms with E-state index < -0.39 is 6.09 Å². The predicted molar refractivity (Wildman–Crippen MR) is 70.4 cm³/mol. The molecule has 1 aromatic carbocycles. The second-order valence-electron chi connectivity index (χ2n) is 3.41. The summed E-state index contributed by atoms with van der Waals surface area (Å²) in [6.07, 6.45) is -0.779. The number of benzene rings is 1. The number of halogens is 1. The highest BCUT2D eigenvalue weighted by atomic mass is 79.9. The molecular weight excluding hydrogens is 306 g/mol. The third-order valence-electron chi connectivity index (χ3n) is 2.30. The summed E-state index contributed by atoms with van der Waals surface area (Å²) in [6.45, 7) is 0.677. The Balaban J connectivity index is 2.30. The fourth-order valence-corrected chi connectivity index (χ4v) is 2.26. The van der Waals surface area contributed by atoms with Gasteiger partial charge in [0.2, 0.25) is 0 Å². The Morgan fingerprint density at radius 3 is 3.06 bits per heavy atom. The maximum absolute atomic E-state index is 10.5. The van der Waals surface area contributed by atoms with Crippen molar-refractivity contribution in [3.8, 4) is 0 Å². The zero-order valence-corrected chi connectivity index (χ0v) is 11.2. The average molecular weight is 316 g/mol. The largest absolute Gasteiger partial charge is 0.448 e. The topological polar surface area (TPSA) is 73.0 Å². The summed E-state index contributed by atoms with van der Waals surface area (Å²) in [6, 6.07) is 5.81. The molecule has 7 heteroatoms. The highest BCUT2D eigenvalue weighted by Gasteiger charge is 2.05. The number of fused-ring (bicyclic) bond motifs is 1. The maximum Gasteiger partial charge on any atom is 0.404 e. The normalized spacial score (nSPS) is 10.6. The fraction of sp³-hybridized carbons (Fsp3) is 0.200. The number of primary amides is 1. The van der Waals surface area contributed by atoms with Gasteiger partial charge in [0.1, 0.15) is 6.61 Å². The number of carbonyl (C=O) groups excluding carboxylic acids is 1. The number of aromatic nitrogens is 2. The Morgan fingerprint density at radius 1 is 1.59 bits per heavy atom. The zero-order valence-electron chi connectivity index (χ0n) is 8.77. The van der Waals surface area contributed by atoms with Gasteiger partial charge in [-0.1, -0.05) is 15.9 Å². The molecule has 3 N–H and O–H groups in total. The number of hydrogen-bond donors (Lipinski definition) is 2. The first-order chi connectivity index (χ1) is 8.08. The Hall–Kier alpha value is -1.34. The molecule has 0 saturated carbocycles. The minimum absolute atomic E-state index is 0.201. The van der Waals surface area contributed by atoms with Gasteiger partial charge in [0.05, 0.1) is 17.6 Å². The van der Waals surface area contributed by atoms with E-state index in [1.54, 1.807) is 0 Å². The van der Waals surface area contributed by atoms with Crippen LogP contribution in [0.25, 0.3) is 11.0 Å². The first-order valence-electron chi connectivity index (χ1n) is 4.88. The molecule has 0 unspecified atom stereocenters. The molecule has 1 heterocycles. The van der Waals surface area contributed by atoms with E-state index >= 15 is 0 Å². The molecule has 2 rings (SSSR count). The maximum atomic E-state index is 10.5. The lowest BCUT2D eigenvalue weighted by molar-refractivity contribution is 0.152. The second-order valence-corrected chi connectivity index (χ2v) is 4.71. The SMILES string of the molecule is NC(=O)OCCn1c(=S)[nH]c2cc(Br)ccc21. The van der Waals surface area contributed by atoms with Gasteiger partial charge in [-0.3, -0.25) is 0 Å². The third kappa shape index (κ3) is 2.67. The highest BCUT2D eigenvalue weighted by molar-refractivity contribution is 9.10. The van der Waals surface area contributed by atoms with Crippen LogP contribution in [0.4, 0.5) is 4.79 Å². The lowest BCUT2D eigenvalue weighted by Crippen LogP contribution is -2.16. The summed E-state index contributed by atoms with van der Waals surface area (Å²) >= 11 is 8.58. The van der Waals surface area contributed by atoms with Crippen molar-refractivity contribution < 1.29 is 9.53 Å². The van der Waals surface area contributed by atoms with Gasteiger partial charge in [0, 0.05) is 4.47 Å². The molecule has 0 saturated heterocycles. The van der Waals surface area contributed by atoms with Crippen molar-refractivity contribution in [3.05, 3.63) is 27.4 Å². The number of rotatable bonds is 3. The van der Waals surface area contributed by atoms with Crippen molar-refractivity contribution >= 4 is 45.3 Å². The first kappa shape index (κ1) is 12.1. The monoisotopic (exact) mass is 315 g/mol. The molecule has 0 spiro atoms. The van der Waals surface area contributed by atoms with Gasteiger partial charge < -0.3 is 20.0 Å². The van der Waals surface area contributed by atoms with E-state index in [4.69, 9.17) is 22.7 Å². The summed E-state index contributed by atoms with van der Waals surface area (Å²) in [4.78, 5) is 13.6. The highest BCUT2D eigenvalue weighted by Crippen LogP contribution is 2.19. The molecule has 90 valence electrons. The molecule has 17 heavy (non-hydrogen) atoms. The van der Waals surface area contributed by atoms with E-state index in [2.05, 4.69) is 20.9 Å². The van der Waals surface area contributed by atoms with E-state index in [9.17, 15) is 4.79 Å². The number of aromatic amines is 1. The summed E-state index contributed by atoms with van der Waals surface area (Å²) in [5.41, 5.74) is 6.79. The number of nitrogens with zero attached hydrogens (tertiary/aromatic N) is 1. The van der Waals surface area contributed by atoms with Crippen LogP contribution >= 0.6 is 28.1 Å². The molecule has 5 nitrogen and oxygen atoms in total. The van der Waals surface area contributed by atoms with Crippen LogP contribution in [-0.4, -0.2) is 22.3 Å². The van der Waals surface area contributed by atoms with Crippen LogP contribution < -0.4 is 5.73 Å². The number of amides is 1. The molecule has 0 aliphatic rings. The Morgan fingerprint density at radius 2 is 2.35 bits per heavy atom. The van der Waals surface area contributed by atoms with E-state index in [-0.39, 0.29) is 6.61 Å². The molecule has 0 bridgehead atoms. The molecule has 2 aromatic rings. The Bertz CT molecular complexity index is 620. The van der Waals surface area contributed by atoms with Crippen LogP contribution in [0.1, 0.15) is 0 Å². The Kier molecular flexibility index (Phi) is 3.49. The minimum atomic E-state index is -0.779. The number of nitrogens with two attached hydrogens (primary N) is 1. The Labute approximate surface area is 111 Å². The number of hydrogen-bond acceptors (Lipinski definition) is 3. The first-order valence-corrected chi connectivity index (χ1v) is 6.08. The van der Waals surface area contributed by atoms with Gasteiger partial charge in [-0.15, -0.1) is 0 Å². The molecule has 1 amide bonds. The van der Waals surface area contributed by atoms with E-state index in [1.165, 1.54) is 0 Å². The van der Waals surface area contributed by atoms with Gasteiger partial charge in [-0.05, 0) is 30.4 Å². The van der Waals surface area contributed by atoms with Crippen LogP contribution in [0.5, 0.6) is 0 Å². The number of carbonyl (C=O) groups is 1. The molecular formula is C10H10BrN3O2S. The molecule has 1 aromatic heterocycles.